The second kappa shape index (κ2) is 5.72. The fraction of sp³-hybridized carbons (Fsp3) is 0.929. The summed E-state index contributed by atoms with van der Waals surface area (Å²) in [6, 6.07) is 0. The largest absolute Gasteiger partial charge is 0.370 e. The molecule has 1 saturated heterocycles. The number of nitrogens with two attached hydrogens (primary N) is 1. The van der Waals surface area contributed by atoms with Gasteiger partial charge in [0.1, 0.15) is 0 Å². The lowest BCUT2D eigenvalue weighted by atomic mass is 9.86. The van der Waals surface area contributed by atoms with Gasteiger partial charge < -0.3 is 10.6 Å². The molecule has 3 fully saturated rings. The summed E-state index contributed by atoms with van der Waals surface area (Å²) in [5.74, 6) is 6.22. The molecule has 0 spiro atoms. The predicted octanol–water partition coefficient (Wildman–Crippen LogP) is 2.18. The molecule has 1 heterocycles. The average Bonchev–Trinajstić information content (AvgIpc) is 3.02. The number of hydrogen-bond acceptors (Lipinski definition) is 2. The van der Waals surface area contributed by atoms with Crippen molar-refractivity contribution >= 4 is 17.7 Å². The van der Waals surface area contributed by atoms with Crippen LogP contribution in [0.25, 0.3) is 0 Å². The maximum atomic E-state index is 6.08. The van der Waals surface area contributed by atoms with E-state index >= 15 is 0 Å². The van der Waals surface area contributed by atoms with Crippen molar-refractivity contribution in [2.24, 2.45) is 28.5 Å². The van der Waals surface area contributed by atoms with Crippen molar-refractivity contribution in [3.8, 4) is 0 Å². The van der Waals surface area contributed by atoms with E-state index in [2.05, 4.69) is 9.89 Å². The van der Waals surface area contributed by atoms with Crippen LogP contribution in [0.1, 0.15) is 32.1 Å². The summed E-state index contributed by atoms with van der Waals surface area (Å²) in [5.41, 5.74) is 6.08. The molecule has 0 amide bonds. The molecular formula is C14H25N3S. The topological polar surface area (TPSA) is 41.6 Å². The van der Waals surface area contributed by atoms with Gasteiger partial charge in [-0.05, 0) is 43.4 Å². The van der Waals surface area contributed by atoms with E-state index in [4.69, 9.17) is 5.73 Å². The van der Waals surface area contributed by atoms with Crippen LogP contribution >= 0.6 is 11.8 Å². The highest BCUT2D eigenvalue weighted by Gasteiger charge is 2.38. The lowest BCUT2D eigenvalue weighted by molar-refractivity contribution is 0.318. The van der Waals surface area contributed by atoms with E-state index in [1.54, 1.807) is 0 Å². The number of thioether (sulfide) groups is 1. The Morgan fingerprint density at radius 1 is 1.22 bits per heavy atom. The molecule has 4 heteroatoms. The summed E-state index contributed by atoms with van der Waals surface area (Å²) in [7, 11) is 0. The molecule has 3 rings (SSSR count). The van der Waals surface area contributed by atoms with Crippen LogP contribution in [-0.4, -0.2) is 42.0 Å². The van der Waals surface area contributed by atoms with E-state index in [-0.39, 0.29) is 0 Å². The summed E-state index contributed by atoms with van der Waals surface area (Å²) >= 11 is 2.02. The Bertz CT molecular complexity index is 312. The molecule has 2 bridgehead atoms. The van der Waals surface area contributed by atoms with Crippen molar-refractivity contribution in [1.82, 2.24) is 4.90 Å². The second-order valence-electron chi connectivity index (χ2n) is 6.06. The van der Waals surface area contributed by atoms with Crippen LogP contribution in [0.15, 0.2) is 4.99 Å². The molecule has 18 heavy (non-hydrogen) atoms. The van der Waals surface area contributed by atoms with Crippen molar-refractivity contribution in [3.63, 3.8) is 0 Å². The van der Waals surface area contributed by atoms with Gasteiger partial charge in [-0.2, -0.15) is 11.8 Å². The molecule has 2 saturated carbocycles. The van der Waals surface area contributed by atoms with Crippen molar-refractivity contribution in [2.75, 3.05) is 31.1 Å². The van der Waals surface area contributed by atoms with Gasteiger partial charge >= 0.3 is 0 Å². The van der Waals surface area contributed by atoms with Crippen LogP contribution in [0.5, 0.6) is 0 Å². The number of rotatable bonds is 3. The van der Waals surface area contributed by atoms with Gasteiger partial charge in [-0.25, -0.2) is 0 Å². The summed E-state index contributed by atoms with van der Waals surface area (Å²) < 4.78 is 0. The van der Waals surface area contributed by atoms with Gasteiger partial charge in [-0.1, -0.05) is 6.42 Å². The lowest BCUT2D eigenvalue weighted by Gasteiger charge is -2.27. The molecule has 3 aliphatic rings. The maximum absolute atomic E-state index is 6.08. The van der Waals surface area contributed by atoms with Crippen LogP contribution in [-0.2, 0) is 0 Å². The van der Waals surface area contributed by atoms with E-state index in [1.807, 2.05) is 11.8 Å². The van der Waals surface area contributed by atoms with Crippen LogP contribution in [0.4, 0.5) is 0 Å². The van der Waals surface area contributed by atoms with Gasteiger partial charge in [-0.3, -0.25) is 4.99 Å². The number of guanidine groups is 1. The summed E-state index contributed by atoms with van der Waals surface area (Å²) in [6.45, 7) is 3.10. The van der Waals surface area contributed by atoms with Crippen molar-refractivity contribution in [1.29, 1.82) is 0 Å². The Morgan fingerprint density at radius 2 is 2.06 bits per heavy atom. The highest BCUT2D eigenvalue weighted by molar-refractivity contribution is 7.99. The molecule has 3 unspecified atom stereocenters. The molecular weight excluding hydrogens is 242 g/mol. The molecule has 0 aromatic rings. The minimum Gasteiger partial charge on any atom is -0.370 e. The molecule has 2 aliphatic carbocycles. The second-order valence-corrected chi connectivity index (χ2v) is 7.29. The first-order valence-corrected chi connectivity index (χ1v) is 8.61. The first-order chi connectivity index (χ1) is 8.83. The first-order valence-electron chi connectivity index (χ1n) is 7.45. The monoisotopic (exact) mass is 267 g/mol. The van der Waals surface area contributed by atoms with E-state index in [1.165, 1.54) is 43.6 Å². The molecule has 2 N–H and O–H groups in total. The van der Waals surface area contributed by atoms with E-state index in [0.717, 1.165) is 43.3 Å². The van der Waals surface area contributed by atoms with Crippen LogP contribution in [0, 0.1) is 17.8 Å². The molecule has 102 valence electrons. The molecule has 0 radical (unpaired) electrons. The zero-order valence-electron chi connectivity index (χ0n) is 11.2. The SMILES string of the molecule is NC(=NCCC1CC2CCC1C2)N1CCSCC1. The zero-order chi connectivity index (χ0) is 12.4. The molecule has 1 aliphatic heterocycles. The Labute approximate surface area is 115 Å². The third kappa shape index (κ3) is 2.79. The van der Waals surface area contributed by atoms with Crippen molar-refractivity contribution < 1.29 is 0 Å². The number of hydrogen-bond donors (Lipinski definition) is 1. The normalized spacial score (nSPS) is 36.3. The average molecular weight is 267 g/mol. The highest BCUT2D eigenvalue weighted by Crippen LogP contribution is 2.49. The van der Waals surface area contributed by atoms with Crippen molar-refractivity contribution in [3.05, 3.63) is 0 Å². The van der Waals surface area contributed by atoms with E-state index in [9.17, 15) is 0 Å². The third-order valence-corrected chi connectivity index (χ3v) is 5.94. The van der Waals surface area contributed by atoms with Crippen LogP contribution in [0.3, 0.4) is 0 Å². The van der Waals surface area contributed by atoms with Gasteiger partial charge in [0.05, 0.1) is 0 Å². The van der Waals surface area contributed by atoms with Gasteiger partial charge in [0.15, 0.2) is 5.96 Å². The smallest absolute Gasteiger partial charge is 0.191 e. The van der Waals surface area contributed by atoms with E-state index in [0.29, 0.717) is 0 Å². The Kier molecular flexibility index (Phi) is 4.02. The van der Waals surface area contributed by atoms with E-state index < -0.39 is 0 Å². The van der Waals surface area contributed by atoms with Gasteiger partial charge in [0.25, 0.3) is 0 Å². The standard InChI is InChI=1S/C14H25N3S/c15-14(17-5-7-18-8-6-17)16-4-3-13-10-11-1-2-12(13)9-11/h11-13H,1-10H2,(H2,15,16). The van der Waals surface area contributed by atoms with Gasteiger partial charge in [0, 0.05) is 31.1 Å². The predicted molar refractivity (Wildman–Crippen MR) is 78.9 cm³/mol. The molecule has 0 aromatic carbocycles. The Balaban J connectivity index is 1.42. The summed E-state index contributed by atoms with van der Waals surface area (Å²) in [5, 5.41) is 0. The number of fused-ring (bicyclic) bond motifs is 2. The quantitative estimate of drug-likeness (QED) is 0.629. The Morgan fingerprint density at radius 3 is 2.72 bits per heavy atom. The van der Waals surface area contributed by atoms with Gasteiger partial charge in [-0.15, -0.1) is 0 Å². The fourth-order valence-electron chi connectivity index (χ4n) is 3.97. The first kappa shape index (κ1) is 12.6. The minimum absolute atomic E-state index is 0.790. The van der Waals surface area contributed by atoms with Gasteiger partial charge in [0.2, 0.25) is 0 Å². The minimum atomic E-state index is 0.790. The maximum Gasteiger partial charge on any atom is 0.191 e. The number of aliphatic imine (C=N–C) groups is 1. The molecule has 0 aromatic heterocycles. The molecule has 3 atom stereocenters. The fourth-order valence-corrected chi connectivity index (χ4v) is 4.87. The third-order valence-electron chi connectivity index (χ3n) is 4.99. The van der Waals surface area contributed by atoms with Crippen LogP contribution < -0.4 is 5.73 Å². The lowest BCUT2D eigenvalue weighted by Crippen LogP contribution is -2.42. The molecule has 3 nitrogen and oxygen atoms in total. The summed E-state index contributed by atoms with van der Waals surface area (Å²) in [6.07, 6.45) is 7.23. The summed E-state index contributed by atoms with van der Waals surface area (Å²) in [4.78, 5) is 6.85. The zero-order valence-corrected chi connectivity index (χ0v) is 12.0. The Hall–Kier alpha value is -0.380. The van der Waals surface area contributed by atoms with Crippen LogP contribution in [0.2, 0.25) is 0 Å². The number of nitrogens with zero attached hydrogens (tertiary/aromatic N) is 2. The highest BCUT2D eigenvalue weighted by atomic mass is 32.2. The van der Waals surface area contributed by atoms with Crippen molar-refractivity contribution in [2.45, 2.75) is 32.1 Å².